The molecule has 0 unspecified atom stereocenters. The number of hydrogen-bond acceptors (Lipinski definition) is 5. The van der Waals surface area contributed by atoms with Gasteiger partial charge in [-0.3, -0.25) is 4.79 Å². The lowest BCUT2D eigenvalue weighted by Crippen LogP contribution is -2.33. The Kier molecular flexibility index (Phi) is 16.3. The second-order valence-electron chi connectivity index (χ2n) is 5.52. The second-order valence-corrected chi connectivity index (χ2v) is 5.52. The molecule has 0 aromatic rings. The Morgan fingerprint density at radius 2 is 1.96 bits per heavy atom. The fourth-order valence-corrected chi connectivity index (χ4v) is 2.17. The number of allylic oxidation sites excluding steroid dienone is 3. The molecule has 5 heteroatoms. The number of nitrogens with zero attached hydrogens (tertiary/aromatic N) is 1. The highest BCUT2D eigenvalue weighted by Crippen LogP contribution is 2.03. The molecule has 0 heterocycles. The van der Waals surface area contributed by atoms with Crippen molar-refractivity contribution in [2.45, 2.75) is 44.9 Å². The van der Waals surface area contributed by atoms with Crippen LogP contribution in [0.1, 0.15) is 44.9 Å². The molecule has 0 spiro atoms. The van der Waals surface area contributed by atoms with Crippen LogP contribution in [0, 0.1) is 0 Å². The van der Waals surface area contributed by atoms with Crippen molar-refractivity contribution < 1.29 is 14.6 Å². The third-order valence-corrected chi connectivity index (χ3v) is 3.46. The molecule has 0 aliphatic rings. The number of carbonyl (C=O) groups is 1. The number of aliphatic hydroxyl groups is 1. The van der Waals surface area contributed by atoms with Crippen molar-refractivity contribution in [1.82, 2.24) is 4.90 Å². The van der Waals surface area contributed by atoms with Crippen molar-refractivity contribution in [1.29, 1.82) is 0 Å². The van der Waals surface area contributed by atoms with E-state index in [1.54, 1.807) is 0 Å². The summed E-state index contributed by atoms with van der Waals surface area (Å²) < 4.78 is 5.24. The van der Waals surface area contributed by atoms with E-state index in [0.717, 1.165) is 45.2 Å². The van der Waals surface area contributed by atoms with Crippen molar-refractivity contribution in [2.75, 3.05) is 39.4 Å². The first-order valence-electron chi connectivity index (χ1n) is 8.69. The monoisotopic (exact) mass is 326 g/mol. The van der Waals surface area contributed by atoms with Gasteiger partial charge in [-0.15, -0.1) is 6.58 Å². The zero-order chi connectivity index (χ0) is 17.2. The van der Waals surface area contributed by atoms with E-state index in [1.807, 2.05) is 6.08 Å². The third kappa shape index (κ3) is 15.5. The number of carbonyl (C=O) groups excluding carboxylic acids is 1. The molecule has 0 amide bonds. The minimum Gasteiger partial charge on any atom is -0.466 e. The van der Waals surface area contributed by atoms with Crippen molar-refractivity contribution >= 4 is 5.97 Å². The molecular formula is C18H34N2O3. The normalized spacial score (nSPS) is 11.3. The average molecular weight is 326 g/mol. The van der Waals surface area contributed by atoms with Crippen molar-refractivity contribution in [3.63, 3.8) is 0 Å². The van der Waals surface area contributed by atoms with Gasteiger partial charge in [0.15, 0.2) is 0 Å². The molecule has 0 fully saturated rings. The summed E-state index contributed by atoms with van der Waals surface area (Å²) in [5.74, 6) is -0.151. The molecule has 23 heavy (non-hydrogen) atoms. The van der Waals surface area contributed by atoms with E-state index in [4.69, 9.17) is 15.6 Å². The van der Waals surface area contributed by atoms with E-state index in [1.165, 1.54) is 0 Å². The van der Waals surface area contributed by atoms with E-state index in [2.05, 4.69) is 23.6 Å². The first-order chi connectivity index (χ1) is 11.2. The van der Waals surface area contributed by atoms with Gasteiger partial charge < -0.3 is 20.5 Å². The van der Waals surface area contributed by atoms with Gasteiger partial charge in [0.05, 0.1) is 13.0 Å². The van der Waals surface area contributed by atoms with Gasteiger partial charge in [0.25, 0.3) is 0 Å². The summed E-state index contributed by atoms with van der Waals surface area (Å²) in [6.45, 7) is 7.04. The minimum atomic E-state index is -0.151. The van der Waals surface area contributed by atoms with Crippen LogP contribution in [0.5, 0.6) is 0 Å². The summed E-state index contributed by atoms with van der Waals surface area (Å²) in [6, 6.07) is 0. The third-order valence-electron chi connectivity index (χ3n) is 3.46. The number of hydrogen-bond donors (Lipinski definition) is 2. The Morgan fingerprint density at radius 1 is 1.13 bits per heavy atom. The number of aliphatic hydroxyl groups excluding tert-OH is 1. The maximum atomic E-state index is 11.7. The van der Waals surface area contributed by atoms with Crippen molar-refractivity contribution in [3.8, 4) is 0 Å². The van der Waals surface area contributed by atoms with Gasteiger partial charge in [-0.1, -0.05) is 18.2 Å². The second kappa shape index (κ2) is 17.2. The zero-order valence-corrected chi connectivity index (χ0v) is 14.4. The molecule has 134 valence electrons. The molecule has 0 aliphatic carbocycles. The Hall–Kier alpha value is -1.17. The zero-order valence-electron chi connectivity index (χ0n) is 14.4. The van der Waals surface area contributed by atoms with Crippen LogP contribution < -0.4 is 5.73 Å². The fraction of sp³-hybridized carbons (Fsp3) is 0.722. The lowest BCUT2D eigenvalue weighted by atomic mass is 10.2. The molecule has 0 saturated heterocycles. The van der Waals surface area contributed by atoms with Crippen LogP contribution in [-0.4, -0.2) is 55.4 Å². The molecule has 3 N–H and O–H groups in total. The maximum absolute atomic E-state index is 11.7. The van der Waals surface area contributed by atoms with Crippen LogP contribution in [0.25, 0.3) is 0 Å². The number of rotatable bonds is 16. The van der Waals surface area contributed by atoms with E-state index >= 15 is 0 Å². The molecule has 0 radical (unpaired) electrons. The Bertz CT molecular complexity index is 319. The maximum Gasteiger partial charge on any atom is 0.307 e. The minimum absolute atomic E-state index is 0.151. The summed E-state index contributed by atoms with van der Waals surface area (Å²) in [5, 5.41) is 8.85. The smallest absolute Gasteiger partial charge is 0.307 e. The first-order valence-corrected chi connectivity index (χ1v) is 8.69. The summed E-state index contributed by atoms with van der Waals surface area (Å²) in [5.41, 5.74) is 5.54. The Balaban J connectivity index is 3.56. The molecule has 0 bridgehead atoms. The van der Waals surface area contributed by atoms with E-state index in [0.29, 0.717) is 32.5 Å². The molecule has 0 rings (SSSR count). The standard InChI is InChI=1S/C18H34N2O3/c1-2-3-4-5-6-7-8-9-17-23-18(22)11-14-20(15-12-19)13-10-16-21/h2,4-5,21H,1,3,6-17,19H2/b5-4+. The lowest BCUT2D eigenvalue weighted by molar-refractivity contribution is -0.144. The van der Waals surface area contributed by atoms with E-state index in [9.17, 15) is 4.79 Å². The lowest BCUT2D eigenvalue weighted by Gasteiger charge is -2.20. The van der Waals surface area contributed by atoms with Crippen LogP contribution in [0.4, 0.5) is 0 Å². The molecule has 0 aromatic heterocycles. The highest BCUT2D eigenvalue weighted by molar-refractivity contribution is 5.69. The summed E-state index contributed by atoms with van der Waals surface area (Å²) >= 11 is 0. The van der Waals surface area contributed by atoms with Gasteiger partial charge in [-0.2, -0.15) is 0 Å². The number of unbranched alkanes of at least 4 members (excludes halogenated alkanes) is 3. The quantitative estimate of drug-likeness (QED) is 0.258. The van der Waals surface area contributed by atoms with Crippen LogP contribution in [0.3, 0.4) is 0 Å². The molecular weight excluding hydrogens is 292 g/mol. The molecule has 0 saturated carbocycles. The van der Waals surface area contributed by atoms with Crippen LogP contribution in [-0.2, 0) is 9.53 Å². The highest BCUT2D eigenvalue weighted by Gasteiger charge is 2.08. The van der Waals surface area contributed by atoms with Crippen molar-refractivity contribution in [3.05, 3.63) is 24.8 Å². The highest BCUT2D eigenvalue weighted by atomic mass is 16.5. The summed E-state index contributed by atoms with van der Waals surface area (Å²) in [6.07, 6.45) is 12.4. The predicted molar refractivity (Wildman–Crippen MR) is 95.2 cm³/mol. The van der Waals surface area contributed by atoms with Crippen LogP contribution in [0.2, 0.25) is 0 Å². The first kappa shape index (κ1) is 21.8. The van der Waals surface area contributed by atoms with Crippen LogP contribution >= 0.6 is 0 Å². The topological polar surface area (TPSA) is 75.8 Å². The van der Waals surface area contributed by atoms with Gasteiger partial charge in [-0.25, -0.2) is 0 Å². The average Bonchev–Trinajstić information content (AvgIpc) is 2.56. The molecule has 0 aliphatic heterocycles. The van der Waals surface area contributed by atoms with Gasteiger partial charge in [0.2, 0.25) is 0 Å². The van der Waals surface area contributed by atoms with Crippen LogP contribution in [0.15, 0.2) is 24.8 Å². The van der Waals surface area contributed by atoms with E-state index < -0.39 is 0 Å². The molecule has 0 aromatic carbocycles. The summed E-state index contributed by atoms with van der Waals surface area (Å²) in [4.78, 5) is 13.8. The van der Waals surface area contributed by atoms with Gasteiger partial charge in [0.1, 0.15) is 0 Å². The molecule has 0 atom stereocenters. The Labute approximate surface area is 141 Å². The summed E-state index contributed by atoms with van der Waals surface area (Å²) in [7, 11) is 0. The Morgan fingerprint density at radius 3 is 2.65 bits per heavy atom. The number of esters is 1. The van der Waals surface area contributed by atoms with Gasteiger partial charge in [-0.05, 0) is 38.5 Å². The number of nitrogens with two attached hydrogens (primary N) is 1. The van der Waals surface area contributed by atoms with E-state index in [-0.39, 0.29) is 12.6 Å². The van der Waals surface area contributed by atoms with Gasteiger partial charge >= 0.3 is 5.97 Å². The van der Waals surface area contributed by atoms with Gasteiger partial charge in [0, 0.05) is 32.8 Å². The molecule has 5 nitrogen and oxygen atoms in total. The number of ether oxygens (including phenoxy) is 1. The van der Waals surface area contributed by atoms with Crippen molar-refractivity contribution in [2.24, 2.45) is 5.73 Å². The fourth-order valence-electron chi connectivity index (χ4n) is 2.17. The SMILES string of the molecule is C=CC/C=C/CCCCCOC(=O)CCN(CCN)CCCO. The largest absolute Gasteiger partial charge is 0.466 e. The predicted octanol–water partition coefficient (Wildman–Crippen LogP) is 2.26.